The quantitative estimate of drug-likeness (QED) is 0.543. The first-order valence-electron chi connectivity index (χ1n) is 8.84. The van der Waals surface area contributed by atoms with Crippen molar-refractivity contribution in [3.05, 3.63) is 92.0 Å². The predicted octanol–water partition coefficient (Wildman–Crippen LogP) is 3.99. The molecule has 0 saturated carbocycles. The van der Waals surface area contributed by atoms with E-state index in [1.165, 1.54) is 21.4 Å². The second-order valence-corrected chi connectivity index (χ2v) is 7.65. The van der Waals surface area contributed by atoms with Crippen molar-refractivity contribution in [2.75, 3.05) is 0 Å². The SMILES string of the molecule is CC(C)c1ccc(/C=c2\sc3nc(/C=C/c4ccccc4)nn3c2=O)cc1. The van der Waals surface area contributed by atoms with Gasteiger partial charge in [-0.1, -0.05) is 85.9 Å². The summed E-state index contributed by atoms with van der Waals surface area (Å²) in [7, 11) is 0. The molecule has 0 aliphatic heterocycles. The summed E-state index contributed by atoms with van der Waals surface area (Å²) in [5, 5.41) is 4.32. The molecule has 0 N–H and O–H groups in total. The van der Waals surface area contributed by atoms with Crippen LogP contribution in [0.3, 0.4) is 0 Å². The number of aromatic nitrogens is 3. The maximum absolute atomic E-state index is 12.6. The Balaban J connectivity index is 1.64. The average molecular weight is 373 g/mol. The van der Waals surface area contributed by atoms with Crippen molar-refractivity contribution in [1.29, 1.82) is 0 Å². The highest BCUT2D eigenvalue weighted by molar-refractivity contribution is 7.15. The van der Waals surface area contributed by atoms with E-state index >= 15 is 0 Å². The van der Waals surface area contributed by atoms with Gasteiger partial charge in [-0.25, -0.2) is 0 Å². The lowest BCUT2D eigenvalue weighted by molar-refractivity contribution is 0.866. The van der Waals surface area contributed by atoms with E-state index in [0.29, 0.717) is 21.2 Å². The van der Waals surface area contributed by atoms with Crippen LogP contribution in [0, 0.1) is 0 Å². The molecule has 0 atom stereocenters. The van der Waals surface area contributed by atoms with E-state index in [9.17, 15) is 4.79 Å². The molecule has 0 spiro atoms. The Morgan fingerprint density at radius 3 is 2.37 bits per heavy atom. The van der Waals surface area contributed by atoms with Crippen molar-refractivity contribution in [2.45, 2.75) is 19.8 Å². The van der Waals surface area contributed by atoms with Gasteiger partial charge in [0.2, 0.25) is 4.96 Å². The Kier molecular flexibility index (Phi) is 4.69. The third kappa shape index (κ3) is 3.73. The van der Waals surface area contributed by atoms with Crippen molar-refractivity contribution in [3.63, 3.8) is 0 Å². The van der Waals surface area contributed by atoms with Gasteiger partial charge in [-0.05, 0) is 34.8 Å². The van der Waals surface area contributed by atoms with E-state index in [4.69, 9.17) is 0 Å². The van der Waals surface area contributed by atoms with Crippen LogP contribution >= 0.6 is 11.3 Å². The molecule has 2 heterocycles. The minimum Gasteiger partial charge on any atom is -0.266 e. The van der Waals surface area contributed by atoms with Crippen molar-refractivity contribution < 1.29 is 0 Å². The van der Waals surface area contributed by atoms with Gasteiger partial charge >= 0.3 is 0 Å². The molecule has 0 aliphatic carbocycles. The van der Waals surface area contributed by atoms with Gasteiger partial charge in [0.05, 0.1) is 4.53 Å². The van der Waals surface area contributed by atoms with Gasteiger partial charge in [0, 0.05) is 0 Å². The fourth-order valence-electron chi connectivity index (χ4n) is 2.78. The topological polar surface area (TPSA) is 47.3 Å². The predicted molar refractivity (Wildman–Crippen MR) is 112 cm³/mol. The van der Waals surface area contributed by atoms with E-state index in [1.807, 2.05) is 60.7 Å². The number of thiazole rings is 1. The number of hydrogen-bond acceptors (Lipinski definition) is 4. The molecule has 0 amide bonds. The van der Waals surface area contributed by atoms with E-state index in [1.54, 1.807) is 0 Å². The summed E-state index contributed by atoms with van der Waals surface area (Å²) in [5.41, 5.74) is 3.23. The highest BCUT2D eigenvalue weighted by Crippen LogP contribution is 2.15. The Bertz CT molecular complexity index is 1200. The molecule has 134 valence electrons. The van der Waals surface area contributed by atoms with Crippen LogP contribution in [0.2, 0.25) is 0 Å². The zero-order valence-corrected chi connectivity index (χ0v) is 16.0. The molecule has 0 radical (unpaired) electrons. The summed E-state index contributed by atoms with van der Waals surface area (Å²) in [6.45, 7) is 4.33. The van der Waals surface area contributed by atoms with Crippen molar-refractivity contribution in [1.82, 2.24) is 14.6 Å². The second-order valence-electron chi connectivity index (χ2n) is 6.65. The highest BCUT2D eigenvalue weighted by Gasteiger charge is 2.09. The van der Waals surface area contributed by atoms with Crippen LogP contribution in [0.15, 0.2) is 59.4 Å². The standard InChI is InChI=1S/C22H19N3OS/c1-15(2)18-11-8-17(9-12-18)14-19-21(26)25-22(27-19)23-20(24-25)13-10-16-6-4-3-5-7-16/h3-15H,1-2H3/b13-10+,19-14-. The van der Waals surface area contributed by atoms with Gasteiger partial charge in [-0.15, -0.1) is 5.10 Å². The monoisotopic (exact) mass is 373 g/mol. The Morgan fingerprint density at radius 1 is 0.963 bits per heavy atom. The van der Waals surface area contributed by atoms with Crippen LogP contribution in [0.1, 0.15) is 42.3 Å². The summed E-state index contributed by atoms with van der Waals surface area (Å²) in [6.07, 6.45) is 5.66. The third-order valence-corrected chi connectivity index (χ3v) is 5.28. The van der Waals surface area contributed by atoms with E-state index in [2.05, 4.69) is 36.1 Å². The molecule has 2 aromatic carbocycles. The number of benzene rings is 2. The number of hydrogen-bond donors (Lipinski definition) is 0. The fourth-order valence-corrected chi connectivity index (χ4v) is 3.70. The Hall–Kier alpha value is -3.05. The van der Waals surface area contributed by atoms with Crippen LogP contribution in [0.25, 0.3) is 23.2 Å². The van der Waals surface area contributed by atoms with Crippen LogP contribution in [0.5, 0.6) is 0 Å². The maximum atomic E-state index is 12.6. The molecule has 4 nitrogen and oxygen atoms in total. The summed E-state index contributed by atoms with van der Waals surface area (Å²) in [6, 6.07) is 18.2. The summed E-state index contributed by atoms with van der Waals surface area (Å²) in [4.78, 5) is 17.7. The number of rotatable bonds is 4. The Morgan fingerprint density at radius 2 is 1.70 bits per heavy atom. The van der Waals surface area contributed by atoms with Gasteiger partial charge in [-0.3, -0.25) is 4.79 Å². The third-order valence-electron chi connectivity index (χ3n) is 4.32. The summed E-state index contributed by atoms with van der Waals surface area (Å²) < 4.78 is 2.02. The van der Waals surface area contributed by atoms with Crippen molar-refractivity contribution in [3.8, 4) is 0 Å². The van der Waals surface area contributed by atoms with Crippen LogP contribution in [0.4, 0.5) is 0 Å². The normalized spacial score (nSPS) is 12.6. The Labute approximate surface area is 161 Å². The smallest absolute Gasteiger partial charge is 0.266 e. The highest BCUT2D eigenvalue weighted by atomic mass is 32.1. The fraction of sp³-hybridized carbons (Fsp3) is 0.136. The van der Waals surface area contributed by atoms with Crippen LogP contribution < -0.4 is 10.1 Å². The van der Waals surface area contributed by atoms with Crippen molar-refractivity contribution >= 4 is 34.5 Å². The average Bonchev–Trinajstić information content (AvgIpc) is 3.20. The number of fused-ring (bicyclic) bond motifs is 1. The van der Waals surface area contributed by atoms with Gasteiger partial charge in [-0.2, -0.15) is 9.50 Å². The van der Waals surface area contributed by atoms with Gasteiger partial charge in [0.15, 0.2) is 5.82 Å². The van der Waals surface area contributed by atoms with Gasteiger partial charge < -0.3 is 0 Å². The van der Waals surface area contributed by atoms with E-state index < -0.39 is 0 Å². The molecule has 2 aromatic heterocycles. The molecule has 0 bridgehead atoms. The molecule has 0 aliphatic rings. The molecule has 4 rings (SSSR count). The minimum atomic E-state index is -0.130. The first-order valence-corrected chi connectivity index (χ1v) is 9.66. The summed E-state index contributed by atoms with van der Waals surface area (Å²) in [5.74, 6) is 1.03. The van der Waals surface area contributed by atoms with E-state index in [0.717, 1.165) is 11.1 Å². The zero-order valence-electron chi connectivity index (χ0n) is 15.2. The van der Waals surface area contributed by atoms with Gasteiger partial charge in [0.1, 0.15) is 0 Å². The molecule has 27 heavy (non-hydrogen) atoms. The lowest BCUT2D eigenvalue weighted by atomic mass is 10.0. The first kappa shape index (κ1) is 17.4. The first-order chi connectivity index (χ1) is 13.1. The molecule has 0 unspecified atom stereocenters. The van der Waals surface area contributed by atoms with Crippen LogP contribution in [-0.2, 0) is 0 Å². The maximum Gasteiger partial charge on any atom is 0.291 e. The molecule has 0 fully saturated rings. The largest absolute Gasteiger partial charge is 0.291 e. The molecular formula is C22H19N3OS. The number of nitrogens with zero attached hydrogens (tertiary/aromatic N) is 3. The molecule has 4 aromatic rings. The van der Waals surface area contributed by atoms with Crippen molar-refractivity contribution in [2.24, 2.45) is 0 Å². The van der Waals surface area contributed by atoms with E-state index in [-0.39, 0.29) is 5.56 Å². The molecular weight excluding hydrogens is 354 g/mol. The summed E-state index contributed by atoms with van der Waals surface area (Å²) >= 11 is 1.36. The van der Waals surface area contributed by atoms with Gasteiger partial charge in [0.25, 0.3) is 5.56 Å². The zero-order chi connectivity index (χ0) is 18.8. The molecule has 5 heteroatoms. The van der Waals surface area contributed by atoms with Crippen LogP contribution in [-0.4, -0.2) is 14.6 Å². The lowest BCUT2D eigenvalue weighted by Gasteiger charge is -2.04. The lowest BCUT2D eigenvalue weighted by Crippen LogP contribution is -2.23. The molecule has 0 saturated heterocycles. The second kappa shape index (κ2) is 7.29. The minimum absolute atomic E-state index is 0.130.